The Morgan fingerprint density at radius 2 is 1.67 bits per heavy atom. The molecule has 0 aliphatic rings. The van der Waals surface area contributed by atoms with Crippen molar-refractivity contribution in [3.63, 3.8) is 0 Å². The number of ether oxygens (including phenoxy) is 1. The Morgan fingerprint density at radius 3 is 2.11 bits per heavy atom. The van der Waals surface area contributed by atoms with Crippen LogP contribution in [-0.2, 0) is 14.3 Å². The van der Waals surface area contributed by atoms with E-state index in [9.17, 15) is 9.59 Å². The molecule has 1 atom stereocenters. The van der Waals surface area contributed by atoms with Crippen molar-refractivity contribution < 1.29 is 14.3 Å². The molecule has 0 fully saturated rings. The lowest BCUT2D eigenvalue weighted by Gasteiger charge is -2.19. The van der Waals surface area contributed by atoms with Crippen LogP contribution >= 0.6 is 0 Å². The first-order valence-electron chi connectivity index (χ1n) is 6.60. The van der Waals surface area contributed by atoms with Crippen LogP contribution in [0.15, 0.2) is 0 Å². The highest BCUT2D eigenvalue weighted by atomic mass is 16.6. The second-order valence-corrected chi connectivity index (χ2v) is 6.11. The van der Waals surface area contributed by atoms with Crippen molar-refractivity contribution in [3.05, 3.63) is 0 Å². The Labute approximate surface area is 110 Å². The maximum absolute atomic E-state index is 11.5. The summed E-state index contributed by atoms with van der Waals surface area (Å²) in [6.45, 7) is 12.4. The molecule has 0 aromatic heterocycles. The first-order valence-corrected chi connectivity index (χ1v) is 6.60. The van der Waals surface area contributed by atoms with Crippen molar-refractivity contribution in [3.8, 4) is 0 Å². The summed E-state index contributed by atoms with van der Waals surface area (Å²) in [5, 5.41) is 2.84. The summed E-state index contributed by atoms with van der Waals surface area (Å²) in [7, 11) is 0. The maximum Gasteiger partial charge on any atom is 0.306 e. The van der Waals surface area contributed by atoms with Gasteiger partial charge in [-0.2, -0.15) is 0 Å². The van der Waals surface area contributed by atoms with E-state index >= 15 is 0 Å². The largest absolute Gasteiger partial charge is 0.460 e. The first-order chi connectivity index (χ1) is 8.11. The van der Waals surface area contributed by atoms with Gasteiger partial charge in [-0.3, -0.25) is 9.59 Å². The predicted octanol–water partition coefficient (Wildman–Crippen LogP) is 2.52. The van der Waals surface area contributed by atoms with E-state index < -0.39 is 5.60 Å². The van der Waals surface area contributed by atoms with Gasteiger partial charge in [-0.1, -0.05) is 20.8 Å². The fourth-order valence-corrected chi connectivity index (χ4v) is 1.21. The van der Waals surface area contributed by atoms with Gasteiger partial charge >= 0.3 is 5.97 Å². The van der Waals surface area contributed by atoms with Crippen molar-refractivity contribution >= 4 is 11.9 Å². The molecule has 0 bridgehead atoms. The number of carbonyl (C=O) groups excluding carboxylic acids is 2. The van der Waals surface area contributed by atoms with E-state index in [-0.39, 0.29) is 24.7 Å². The maximum atomic E-state index is 11.5. The molecular formula is C14H27NO3. The third-order valence-corrected chi connectivity index (χ3v) is 2.74. The van der Waals surface area contributed by atoms with Crippen LogP contribution in [0.1, 0.15) is 54.4 Å². The lowest BCUT2D eigenvalue weighted by atomic mass is 9.98. The number of amides is 1. The Balaban J connectivity index is 3.81. The van der Waals surface area contributed by atoms with Gasteiger partial charge < -0.3 is 10.1 Å². The number of hydrogen-bond acceptors (Lipinski definition) is 3. The minimum absolute atomic E-state index is 0.0895. The van der Waals surface area contributed by atoms with Gasteiger partial charge in [0.1, 0.15) is 5.60 Å². The summed E-state index contributed by atoms with van der Waals surface area (Å²) in [5.41, 5.74) is -0.486. The van der Waals surface area contributed by atoms with Crippen LogP contribution < -0.4 is 5.32 Å². The molecule has 18 heavy (non-hydrogen) atoms. The van der Waals surface area contributed by atoms with Gasteiger partial charge in [-0.25, -0.2) is 0 Å². The average molecular weight is 257 g/mol. The summed E-state index contributed by atoms with van der Waals surface area (Å²) in [4.78, 5) is 22.9. The zero-order valence-corrected chi connectivity index (χ0v) is 12.5. The molecule has 0 heterocycles. The normalized spacial score (nSPS) is 13.3. The molecule has 4 heteroatoms. The number of nitrogens with one attached hydrogen (secondary N) is 1. The zero-order chi connectivity index (χ0) is 14.3. The second kappa shape index (κ2) is 7.39. The minimum atomic E-state index is -0.486. The Hall–Kier alpha value is -1.06. The van der Waals surface area contributed by atoms with Crippen LogP contribution in [-0.4, -0.2) is 24.0 Å². The van der Waals surface area contributed by atoms with Gasteiger partial charge in [-0.15, -0.1) is 0 Å². The van der Waals surface area contributed by atoms with Crippen molar-refractivity contribution in [1.29, 1.82) is 0 Å². The van der Waals surface area contributed by atoms with E-state index in [0.717, 1.165) is 0 Å². The number of esters is 1. The molecule has 0 saturated carbocycles. The molecule has 0 aromatic carbocycles. The summed E-state index contributed by atoms with van der Waals surface area (Å²) >= 11 is 0. The smallest absolute Gasteiger partial charge is 0.306 e. The molecule has 106 valence electrons. The highest BCUT2D eigenvalue weighted by molar-refractivity contribution is 5.81. The van der Waals surface area contributed by atoms with Crippen LogP contribution in [0.4, 0.5) is 0 Å². The lowest BCUT2D eigenvalue weighted by molar-refractivity contribution is -0.155. The van der Waals surface area contributed by atoms with E-state index in [0.29, 0.717) is 18.4 Å². The lowest BCUT2D eigenvalue weighted by Crippen LogP contribution is -2.31. The third kappa shape index (κ3) is 9.02. The summed E-state index contributed by atoms with van der Waals surface area (Å²) in [6.07, 6.45) is 0.332. The SMILES string of the molecule is CC(C)C(C)CNC(=O)CCC(=O)OC(C)(C)C. The van der Waals surface area contributed by atoms with Crippen LogP contribution in [0.3, 0.4) is 0 Å². The monoisotopic (exact) mass is 257 g/mol. The molecule has 0 rings (SSSR count). The van der Waals surface area contributed by atoms with E-state index in [1.807, 2.05) is 20.8 Å². The molecule has 0 saturated heterocycles. The molecule has 0 radical (unpaired) electrons. The molecule has 0 spiro atoms. The van der Waals surface area contributed by atoms with Crippen LogP contribution in [0.5, 0.6) is 0 Å². The van der Waals surface area contributed by atoms with Crippen molar-refractivity contribution in [2.24, 2.45) is 11.8 Å². The summed E-state index contributed by atoms with van der Waals surface area (Å²) in [5.74, 6) is 0.564. The molecule has 0 aliphatic heterocycles. The molecule has 1 N–H and O–H groups in total. The number of carbonyl (C=O) groups is 2. The van der Waals surface area contributed by atoms with Gasteiger partial charge in [-0.05, 0) is 32.6 Å². The van der Waals surface area contributed by atoms with Crippen molar-refractivity contribution in [2.45, 2.75) is 60.0 Å². The van der Waals surface area contributed by atoms with Gasteiger partial charge in [0.15, 0.2) is 0 Å². The van der Waals surface area contributed by atoms with Crippen LogP contribution in [0.2, 0.25) is 0 Å². The Kier molecular flexibility index (Phi) is 6.96. The van der Waals surface area contributed by atoms with Gasteiger partial charge in [0, 0.05) is 13.0 Å². The molecule has 1 amide bonds. The minimum Gasteiger partial charge on any atom is -0.460 e. The van der Waals surface area contributed by atoms with Crippen molar-refractivity contribution in [2.75, 3.05) is 6.54 Å². The fourth-order valence-electron chi connectivity index (χ4n) is 1.21. The summed E-state index contributed by atoms with van der Waals surface area (Å²) in [6, 6.07) is 0. The number of rotatable bonds is 6. The molecular weight excluding hydrogens is 230 g/mol. The highest BCUT2D eigenvalue weighted by Gasteiger charge is 2.17. The number of hydrogen-bond donors (Lipinski definition) is 1. The highest BCUT2D eigenvalue weighted by Crippen LogP contribution is 2.10. The van der Waals surface area contributed by atoms with E-state index in [1.54, 1.807) is 0 Å². The van der Waals surface area contributed by atoms with Gasteiger partial charge in [0.25, 0.3) is 0 Å². The van der Waals surface area contributed by atoms with Crippen molar-refractivity contribution in [1.82, 2.24) is 5.32 Å². The summed E-state index contributed by atoms with van der Waals surface area (Å²) < 4.78 is 5.13. The molecule has 1 unspecified atom stereocenters. The third-order valence-electron chi connectivity index (χ3n) is 2.74. The standard InChI is InChI=1S/C14H27NO3/c1-10(2)11(3)9-15-12(16)7-8-13(17)18-14(4,5)6/h10-11H,7-9H2,1-6H3,(H,15,16). The molecule has 0 aliphatic carbocycles. The topological polar surface area (TPSA) is 55.4 Å². The Bertz CT molecular complexity index is 279. The van der Waals surface area contributed by atoms with Gasteiger partial charge in [0.05, 0.1) is 6.42 Å². The van der Waals surface area contributed by atoms with E-state index in [2.05, 4.69) is 26.1 Å². The van der Waals surface area contributed by atoms with Crippen LogP contribution in [0.25, 0.3) is 0 Å². The molecule has 4 nitrogen and oxygen atoms in total. The van der Waals surface area contributed by atoms with Gasteiger partial charge in [0.2, 0.25) is 5.91 Å². The average Bonchev–Trinajstić information content (AvgIpc) is 2.20. The predicted molar refractivity (Wildman–Crippen MR) is 72.1 cm³/mol. The van der Waals surface area contributed by atoms with Crippen LogP contribution in [0, 0.1) is 11.8 Å². The van der Waals surface area contributed by atoms with E-state index in [4.69, 9.17) is 4.74 Å². The fraction of sp³-hybridized carbons (Fsp3) is 0.857. The molecule has 0 aromatic rings. The quantitative estimate of drug-likeness (QED) is 0.744. The van der Waals surface area contributed by atoms with E-state index in [1.165, 1.54) is 0 Å². The Morgan fingerprint density at radius 1 is 1.11 bits per heavy atom. The second-order valence-electron chi connectivity index (χ2n) is 6.11. The zero-order valence-electron chi connectivity index (χ0n) is 12.5. The first kappa shape index (κ1) is 16.9.